The highest BCUT2D eigenvalue weighted by Crippen LogP contribution is 2.24. The van der Waals surface area contributed by atoms with Gasteiger partial charge in [0.05, 0.1) is 18.7 Å². The summed E-state index contributed by atoms with van der Waals surface area (Å²) in [7, 11) is 0. The van der Waals surface area contributed by atoms with Gasteiger partial charge < -0.3 is 20.2 Å². The number of nitrogens with two attached hydrogens (primary N) is 1. The van der Waals surface area contributed by atoms with Gasteiger partial charge in [0, 0.05) is 0 Å². The summed E-state index contributed by atoms with van der Waals surface area (Å²) in [6.07, 6.45) is 1.41. The van der Waals surface area contributed by atoms with Gasteiger partial charge in [-0.15, -0.1) is 0 Å². The van der Waals surface area contributed by atoms with Crippen LogP contribution in [0.4, 0.5) is 0 Å². The molecule has 0 aliphatic heterocycles. The van der Waals surface area contributed by atoms with Crippen molar-refractivity contribution in [3.63, 3.8) is 0 Å². The minimum absolute atomic E-state index is 0.124. The molecule has 1 aromatic carbocycles. The largest absolute Gasteiger partial charge is 0.492 e. The number of amides is 1. The molecule has 0 saturated heterocycles. The molecular weight excluding hydrogens is 292 g/mol. The highest BCUT2D eigenvalue weighted by atomic mass is 16.5. The number of carbonyl (C=O) groups excluding carboxylic acids is 1. The van der Waals surface area contributed by atoms with Gasteiger partial charge in [0.25, 0.3) is 5.91 Å². The molecule has 124 valence electrons. The van der Waals surface area contributed by atoms with Crippen LogP contribution >= 0.6 is 0 Å². The molecule has 0 aliphatic rings. The molecule has 5 nitrogen and oxygen atoms in total. The summed E-state index contributed by atoms with van der Waals surface area (Å²) >= 11 is 0. The number of furan rings is 1. The van der Waals surface area contributed by atoms with E-state index < -0.39 is 0 Å². The van der Waals surface area contributed by atoms with Crippen molar-refractivity contribution < 1.29 is 13.9 Å². The van der Waals surface area contributed by atoms with Gasteiger partial charge in [0.15, 0.2) is 0 Å². The van der Waals surface area contributed by atoms with Crippen molar-refractivity contribution in [2.45, 2.75) is 32.7 Å². The molecule has 1 amide bonds. The second-order valence-corrected chi connectivity index (χ2v) is 6.38. The summed E-state index contributed by atoms with van der Waals surface area (Å²) in [4.78, 5) is 11.9. The van der Waals surface area contributed by atoms with Crippen LogP contribution in [0.5, 0.6) is 5.75 Å². The molecular formula is C18H24N2O3. The molecule has 23 heavy (non-hydrogen) atoms. The van der Waals surface area contributed by atoms with E-state index >= 15 is 0 Å². The lowest BCUT2D eigenvalue weighted by atomic mass is 9.87. The lowest BCUT2D eigenvalue weighted by Crippen LogP contribution is -2.27. The number of ether oxygens (including phenoxy) is 1. The Bertz CT molecular complexity index is 639. The van der Waals surface area contributed by atoms with Crippen molar-refractivity contribution in [3.05, 3.63) is 53.5 Å². The van der Waals surface area contributed by atoms with Crippen molar-refractivity contribution in [2.24, 2.45) is 5.73 Å². The van der Waals surface area contributed by atoms with Crippen LogP contribution in [-0.2, 0) is 12.0 Å². The van der Waals surface area contributed by atoms with E-state index in [0.29, 0.717) is 24.5 Å². The van der Waals surface area contributed by atoms with Crippen molar-refractivity contribution in [2.75, 3.05) is 13.2 Å². The molecule has 1 aromatic heterocycles. The zero-order valence-electron chi connectivity index (χ0n) is 13.9. The molecule has 2 rings (SSSR count). The minimum atomic E-state index is -0.194. The summed E-state index contributed by atoms with van der Waals surface area (Å²) in [6, 6.07) is 9.67. The van der Waals surface area contributed by atoms with Crippen LogP contribution in [0, 0.1) is 0 Å². The van der Waals surface area contributed by atoms with Crippen molar-refractivity contribution in [3.8, 4) is 5.75 Å². The van der Waals surface area contributed by atoms with Crippen molar-refractivity contribution in [1.29, 1.82) is 0 Å². The van der Waals surface area contributed by atoms with Gasteiger partial charge in [-0.3, -0.25) is 4.79 Å². The summed E-state index contributed by atoms with van der Waals surface area (Å²) < 4.78 is 10.8. The fourth-order valence-corrected chi connectivity index (χ4v) is 2.09. The Labute approximate surface area is 136 Å². The summed E-state index contributed by atoms with van der Waals surface area (Å²) in [5.74, 6) is 1.19. The topological polar surface area (TPSA) is 77.5 Å². The lowest BCUT2D eigenvalue weighted by Gasteiger charge is -2.19. The average Bonchev–Trinajstić information content (AvgIpc) is 3.00. The molecule has 0 radical (unpaired) electrons. The number of carbonyl (C=O) groups is 1. The zero-order valence-corrected chi connectivity index (χ0v) is 13.9. The number of hydrogen-bond donors (Lipinski definition) is 2. The predicted octanol–water partition coefficient (Wildman–Crippen LogP) is 2.84. The maximum absolute atomic E-state index is 11.9. The normalized spacial score (nSPS) is 11.3. The fraction of sp³-hybridized carbons (Fsp3) is 0.389. The van der Waals surface area contributed by atoms with Crippen LogP contribution in [0.25, 0.3) is 0 Å². The summed E-state index contributed by atoms with van der Waals surface area (Å²) in [6.45, 7) is 7.62. The molecule has 2 aromatic rings. The fourth-order valence-electron chi connectivity index (χ4n) is 2.09. The third-order valence-corrected chi connectivity index (χ3v) is 3.49. The van der Waals surface area contributed by atoms with E-state index in [-0.39, 0.29) is 17.9 Å². The highest BCUT2D eigenvalue weighted by molar-refractivity contribution is 5.93. The monoisotopic (exact) mass is 316 g/mol. The number of benzene rings is 1. The van der Waals surface area contributed by atoms with Crippen LogP contribution in [0.3, 0.4) is 0 Å². The third kappa shape index (κ3) is 4.86. The first-order chi connectivity index (χ1) is 10.9. The maximum atomic E-state index is 11.9. The van der Waals surface area contributed by atoms with Gasteiger partial charge in [0.1, 0.15) is 24.4 Å². The van der Waals surface area contributed by atoms with Gasteiger partial charge in [-0.1, -0.05) is 32.9 Å². The van der Waals surface area contributed by atoms with Gasteiger partial charge >= 0.3 is 0 Å². The van der Waals surface area contributed by atoms with Gasteiger partial charge in [-0.25, -0.2) is 0 Å². The molecule has 0 unspecified atom stereocenters. The molecule has 0 atom stereocenters. The quantitative estimate of drug-likeness (QED) is 0.803. The molecule has 0 aliphatic carbocycles. The number of nitrogens with one attached hydrogen (secondary N) is 1. The minimum Gasteiger partial charge on any atom is -0.492 e. The summed E-state index contributed by atoms with van der Waals surface area (Å²) in [5.41, 5.74) is 7.30. The van der Waals surface area contributed by atoms with E-state index in [1.54, 1.807) is 6.07 Å². The first-order valence-corrected chi connectivity index (χ1v) is 7.69. The average molecular weight is 316 g/mol. The van der Waals surface area contributed by atoms with Crippen LogP contribution in [0.15, 0.2) is 41.0 Å². The van der Waals surface area contributed by atoms with Crippen molar-refractivity contribution >= 4 is 5.91 Å². The van der Waals surface area contributed by atoms with E-state index in [4.69, 9.17) is 14.9 Å². The Morgan fingerprint density at radius 2 is 1.96 bits per heavy atom. The molecule has 0 saturated carbocycles. The molecule has 0 spiro atoms. The predicted molar refractivity (Wildman–Crippen MR) is 89.6 cm³/mol. The first-order valence-electron chi connectivity index (χ1n) is 7.69. The van der Waals surface area contributed by atoms with E-state index in [2.05, 4.69) is 38.2 Å². The number of hydrogen-bond acceptors (Lipinski definition) is 4. The SMILES string of the molecule is CC(C)(C)c1ccc(OCCNC(=O)c2coc(CN)c2)cc1. The first kappa shape index (κ1) is 17.1. The van der Waals surface area contributed by atoms with Gasteiger partial charge in [-0.05, 0) is 29.2 Å². The van der Waals surface area contributed by atoms with Crippen LogP contribution < -0.4 is 15.8 Å². The molecule has 1 heterocycles. The van der Waals surface area contributed by atoms with Crippen LogP contribution in [-0.4, -0.2) is 19.1 Å². The molecule has 0 fully saturated rings. The lowest BCUT2D eigenvalue weighted by molar-refractivity contribution is 0.0946. The highest BCUT2D eigenvalue weighted by Gasteiger charge is 2.13. The maximum Gasteiger partial charge on any atom is 0.254 e. The Morgan fingerprint density at radius 1 is 1.26 bits per heavy atom. The Hall–Kier alpha value is -2.27. The van der Waals surface area contributed by atoms with E-state index in [1.165, 1.54) is 11.8 Å². The van der Waals surface area contributed by atoms with E-state index in [1.807, 2.05) is 12.1 Å². The molecule has 3 N–H and O–H groups in total. The van der Waals surface area contributed by atoms with E-state index in [9.17, 15) is 4.79 Å². The van der Waals surface area contributed by atoms with Crippen LogP contribution in [0.2, 0.25) is 0 Å². The molecule has 5 heteroatoms. The zero-order chi connectivity index (χ0) is 16.9. The van der Waals surface area contributed by atoms with Gasteiger partial charge in [-0.2, -0.15) is 0 Å². The second kappa shape index (κ2) is 7.33. The smallest absolute Gasteiger partial charge is 0.254 e. The number of rotatable bonds is 6. The molecule has 0 bridgehead atoms. The Morgan fingerprint density at radius 3 is 2.52 bits per heavy atom. The third-order valence-electron chi connectivity index (χ3n) is 3.49. The van der Waals surface area contributed by atoms with Gasteiger partial charge in [0.2, 0.25) is 0 Å². The summed E-state index contributed by atoms with van der Waals surface area (Å²) in [5, 5.41) is 2.78. The van der Waals surface area contributed by atoms with E-state index in [0.717, 1.165) is 5.75 Å². The standard InChI is InChI=1S/C18H24N2O3/c1-18(2,3)14-4-6-15(7-5-14)22-9-8-20-17(21)13-10-16(11-19)23-12-13/h4-7,10,12H,8-9,11,19H2,1-3H3,(H,20,21). The van der Waals surface area contributed by atoms with Crippen LogP contribution in [0.1, 0.15) is 42.5 Å². The Balaban J connectivity index is 1.76. The Kier molecular flexibility index (Phi) is 5.45. The second-order valence-electron chi connectivity index (χ2n) is 6.38. The van der Waals surface area contributed by atoms with Crippen molar-refractivity contribution in [1.82, 2.24) is 5.32 Å².